The minimum Gasteiger partial charge on any atom is -0.338 e. The molecular formula is C50H51BrCl2N8O2. The van der Waals surface area contributed by atoms with Crippen LogP contribution in [0, 0.1) is 34.0 Å². The second kappa shape index (κ2) is 24.6. The van der Waals surface area contributed by atoms with Crippen molar-refractivity contribution < 1.29 is 9.59 Å². The standard InChI is InChI=1S/C24H21ClN4O.C17H16N4O.C7H6BrCl.2CH4/c25-20-4-1-3-18(15-20)16-24(17-26)8-13-29(14-9-24)23(30)21-5-2-10-28-22(21)19-6-11-27-12-7-19;18-12-13-5-10-21(11-6-13)17(22)15-2-1-7-20-16(15)14-3-8-19-9-4-14;8-5-6-2-1-3-7(9)4-6;;/h1-7,10-12,15H,8-9,13-14,16H2;1-4,7-9,13H,5-6,10-11H2;1-4H,5H2;2*1H4. The van der Waals surface area contributed by atoms with Crippen molar-refractivity contribution in [2.45, 2.75) is 52.3 Å². The van der Waals surface area contributed by atoms with E-state index in [2.05, 4.69) is 48.0 Å². The van der Waals surface area contributed by atoms with Gasteiger partial charge in [-0.3, -0.25) is 29.5 Å². The van der Waals surface area contributed by atoms with Gasteiger partial charge < -0.3 is 9.80 Å². The molecule has 0 bridgehead atoms. The topological polar surface area (TPSA) is 140 Å². The van der Waals surface area contributed by atoms with Crippen molar-refractivity contribution in [2.75, 3.05) is 26.2 Å². The molecule has 0 radical (unpaired) electrons. The van der Waals surface area contributed by atoms with Gasteiger partial charge in [-0.05, 0) is 116 Å². The highest BCUT2D eigenvalue weighted by Gasteiger charge is 2.37. The summed E-state index contributed by atoms with van der Waals surface area (Å²) in [5.74, 6) is -0.00174. The number of nitriles is 2. The summed E-state index contributed by atoms with van der Waals surface area (Å²) in [7, 11) is 0. The third-order valence-electron chi connectivity index (χ3n) is 10.7. The fraction of sp³-hybridized carbons (Fsp3) is 0.280. The van der Waals surface area contributed by atoms with Crippen LogP contribution in [0.4, 0.5) is 0 Å². The summed E-state index contributed by atoms with van der Waals surface area (Å²) in [6.45, 7) is 2.33. The molecule has 4 aromatic heterocycles. The Bertz CT molecular complexity index is 2480. The molecule has 10 nitrogen and oxygen atoms in total. The fourth-order valence-corrected chi connectivity index (χ4v) is 8.09. The lowest BCUT2D eigenvalue weighted by Crippen LogP contribution is -2.43. The number of amides is 2. The van der Waals surface area contributed by atoms with Crippen molar-refractivity contribution in [1.82, 2.24) is 29.7 Å². The lowest BCUT2D eigenvalue weighted by atomic mass is 9.75. The summed E-state index contributed by atoms with van der Waals surface area (Å²) in [6, 6.07) is 34.8. The fourth-order valence-electron chi connectivity index (χ4n) is 7.31. The maximum atomic E-state index is 13.3. The maximum absolute atomic E-state index is 13.3. The molecule has 0 aliphatic carbocycles. The van der Waals surface area contributed by atoms with Gasteiger partial charge in [0.2, 0.25) is 0 Å². The number of hydrogen-bond donors (Lipinski definition) is 0. The molecule has 0 saturated carbocycles. The molecule has 2 aromatic carbocycles. The van der Waals surface area contributed by atoms with Gasteiger partial charge in [-0.25, -0.2) is 0 Å². The van der Waals surface area contributed by atoms with Crippen LogP contribution in [0.25, 0.3) is 22.5 Å². The molecule has 0 atom stereocenters. The number of carbonyl (C=O) groups is 2. The number of halogens is 3. The van der Waals surface area contributed by atoms with Crippen LogP contribution in [0.1, 0.15) is 72.4 Å². The molecule has 2 aliphatic rings. The number of benzene rings is 2. The van der Waals surface area contributed by atoms with E-state index in [4.69, 9.17) is 28.5 Å². The number of rotatable bonds is 7. The number of likely N-dealkylation sites (tertiary alicyclic amines) is 2. The number of alkyl halides is 1. The molecule has 8 rings (SSSR count). The Balaban J connectivity index is 0.000000231. The van der Waals surface area contributed by atoms with Crippen LogP contribution in [0.3, 0.4) is 0 Å². The van der Waals surface area contributed by atoms with Crippen LogP contribution in [0.5, 0.6) is 0 Å². The van der Waals surface area contributed by atoms with Crippen molar-refractivity contribution in [1.29, 1.82) is 10.5 Å². The molecule has 2 amide bonds. The van der Waals surface area contributed by atoms with Gasteiger partial charge in [0, 0.05) is 95.8 Å². The van der Waals surface area contributed by atoms with Crippen LogP contribution in [-0.4, -0.2) is 67.7 Å². The van der Waals surface area contributed by atoms with Gasteiger partial charge in [0.25, 0.3) is 11.8 Å². The first kappa shape index (κ1) is 49.7. The van der Waals surface area contributed by atoms with Crippen LogP contribution < -0.4 is 0 Å². The van der Waals surface area contributed by atoms with Gasteiger partial charge in [0.1, 0.15) is 0 Å². The smallest absolute Gasteiger partial charge is 0.256 e. The second-order valence-electron chi connectivity index (χ2n) is 14.7. The van der Waals surface area contributed by atoms with E-state index in [9.17, 15) is 14.9 Å². The van der Waals surface area contributed by atoms with E-state index in [1.165, 1.54) is 5.56 Å². The first-order valence-electron chi connectivity index (χ1n) is 19.9. The number of nitrogens with zero attached hydrogens (tertiary/aromatic N) is 8. The van der Waals surface area contributed by atoms with Crippen molar-refractivity contribution in [3.63, 3.8) is 0 Å². The van der Waals surface area contributed by atoms with Crippen LogP contribution in [-0.2, 0) is 11.8 Å². The normalized spacial score (nSPS) is 14.0. The van der Waals surface area contributed by atoms with E-state index in [0.717, 1.165) is 39.9 Å². The zero-order chi connectivity index (χ0) is 43.0. The summed E-state index contributed by atoms with van der Waals surface area (Å²) >= 11 is 15.1. The maximum Gasteiger partial charge on any atom is 0.256 e. The van der Waals surface area contributed by atoms with Crippen molar-refractivity contribution in [3.05, 3.63) is 167 Å². The monoisotopic (exact) mass is 944 g/mol. The van der Waals surface area contributed by atoms with Gasteiger partial charge in [-0.2, -0.15) is 10.5 Å². The van der Waals surface area contributed by atoms with E-state index in [1.807, 2.05) is 94.7 Å². The second-order valence-corrected chi connectivity index (χ2v) is 16.2. The third kappa shape index (κ3) is 13.5. The molecule has 6 heterocycles. The van der Waals surface area contributed by atoms with Gasteiger partial charge >= 0.3 is 0 Å². The zero-order valence-electron chi connectivity index (χ0n) is 33.4. The molecule has 2 aliphatic heterocycles. The van der Waals surface area contributed by atoms with Crippen LogP contribution in [0.2, 0.25) is 10.0 Å². The predicted octanol–water partition coefficient (Wildman–Crippen LogP) is 11.8. The highest BCUT2D eigenvalue weighted by Crippen LogP contribution is 2.36. The SMILES string of the molecule is C.C.Clc1cccc(CBr)c1.N#CC1(Cc2cccc(Cl)c2)CCN(C(=O)c2cccnc2-c2ccncc2)CC1.N#CC1CCN(C(=O)c2cccnc2-c2ccncc2)CC1. The Hall–Kier alpha value is -5.98. The number of piperidine rings is 2. The molecule has 2 fully saturated rings. The Morgan fingerprint density at radius 2 is 1.11 bits per heavy atom. The molecule has 63 heavy (non-hydrogen) atoms. The van der Waals surface area contributed by atoms with Gasteiger partial charge in [0.15, 0.2) is 0 Å². The van der Waals surface area contributed by atoms with Crippen molar-refractivity contribution >= 4 is 50.9 Å². The predicted molar refractivity (Wildman–Crippen MR) is 255 cm³/mol. The van der Waals surface area contributed by atoms with E-state index in [-0.39, 0.29) is 32.6 Å². The molecule has 0 unspecified atom stereocenters. The van der Waals surface area contributed by atoms with E-state index in [0.29, 0.717) is 73.0 Å². The third-order valence-corrected chi connectivity index (χ3v) is 11.8. The van der Waals surface area contributed by atoms with E-state index in [1.54, 1.807) is 49.3 Å². The lowest BCUT2D eigenvalue weighted by molar-refractivity contribution is 0.0646. The average Bonchev–Trinajstić information content (AvgIpc) is 3.32. The molecule has 13 heteroatoms. The number of carbonyl (C=O) groups excluding carboxylic acids is 2. The average molecular weight is 947 g/mol. The molecule has 0 spiro atoms. The number of pyridine rings is 4. The number of aromatic nitrogens is 4. The number of hydrogen-bond acceptors (Lipinski definition) is 8. The summed E-state index contributed by atoms with van der Waals surface area (Å²) < 4.78 is 0. The Kier molecular flexibility index (Phi) is 19.4. The Morgan fingerprint density at radius 3 is 1.54 bits per heavy atom. The van der Waals surface area contributed by atoms with Crippen molar-refractivity contribution in [2.24, 2.45) is 11.3 Å². The summed E-state index contributed by atoms with van der Waals surface area (Å²) in [6.07, 6.45) is 13.5. The molecular weight excluding hydrogens is 895 g/mol. The molecule has 0 N–H and O–H groups in total. The quantitative estimate of drug-likeness (QED) is 0.144. The van der Waals surface area contributed by atoms with Gasteiger partial charge in [0.05, 0.1) is 40.1 Å². The lowest BCUT2D eigenvalue weighted by Gasteiger charge is -2.37. The summed E-state index contributed by atoms with van der Waals surface area (Å²) in [5, 5.41) is 21.2. The van der Waals surface area contributed by atoms with E-state index < -0.39 is 5.41 Å². The Labute approximate surface area is 389 Å². The molecule has 6 aromatic rings. The first-order valence-corrected chi connectivity index (χ1v) is 21.8. The zero-order valence-corrected chi connectivity index (χ0v) is 36.5. The largest absolute Gasteiger partial charge is 0.338 e. The van der Waals surface area contributed by atoms with Crippen molar-refractivity contribution in [3.8, 4) is 34.7 Å². The van der Waals surface area contributed by atoms with E-state index >= 15 is 0 Å². The highest BCUT2D eigenvalue weighted by atomic mass is 79.9. The van der Waals surface area contributed by atoms with Gasteiger partial charge in [-0.15, -0.1) is 0 Å². The minimum atomic E-state index is -0.482. The molecule has 324 valence electrons. The highest BCUT2D eigenvalue weighted by molar-refractivity contribution is 9.08. The van der Waals surface area contributed by atoms with Crippen LogP contribution in [0.15, 0.2) is 134 Å². The minimum absolute atomic E-state index is 0. The van der Waals surface area contributed by atoms with Gasteiger partial charge in [-0.1, -0.05) is 78.3 Å². The first-order chi connectivity index (χ1) is 29.7. The van der Waals surface area contributed by atoms with Crippen LogP contribution >= 0.6 is 39.1 Å². The summed E-state index contributed by atoms with van der Waals surface area (Å²) in [4.78, 5) is 46.5. The molecule has 2 saturated heterocycles. The summed E-state index contributed by atoms with van der Waals surface area (Å²) in [5.41, 5.74) is 6.03. The Morgan fingerprint density at radius 1 is 0.651 bits per heavy atom.